The average molecular weight is 386 g/mol. The first-order valence-corrected chi connectivity index (χ1v) is 9.92. The molecule has 0 saturated carbocycles. The molecule has 1 unspecified atom stereocenters. The van der Waals surface area contributed by atoms with Gasteiger partial charge in [0, 0.05) is 6.42 Å². The van der Waals surface area contributed by atoms with Gasteiger partial charge in [-0.05, 0) is 42.2 Å². The van der Waals surface area contributed by atoms with E-state index >= 15 is 0 Å². The van der Waals surface area contributed by atoms with Crippen molar-refractivity contribution in [2.45, 2.75) is 25.9 Å². The standard InChI is InChI=1S/C26H26O3/c1-2-28-26(27)25(20-23-12-7-4-8-13-23)29-24-18-16-22(17-19-24)15-9-14-21-10-5-3-6-11-21/h3-13,15-19,25H,2,14,20H2,1H3/b15-9+. The number of esters is 1. The molecule has 0 radical (unpaired) electrons. The molecule has 0 aliphatic heterocycles. The van der Waals surface area contributed by atoms with Gasteiger partial charge in [0.1, 0.15) is 5.75 Å². The van der Waals surface area contributed by atoms with E-state index in [-0.39, 0.29) is 5.97 Å². The fourth-order valence-electron chi connectivity index (χ4n) is 3.00. The van der Waals surface area contributed by atoms with Gasteiger partial charge in [-0.15, -0.1) is 0 Å². The third kappa shape index (κ3) is 6.65. The highest BCUT2D eigenvalue weighted by atomic mass is 16.6. The third-order valence-corrected chi connectivity index (χ3v) is 4.48. The second-order valence-electron chi connectivity index (χ2n) is 6.71. The number of carbonyl (C=O) groups excluding carboxylic acids is 1. The van der Waals surface area contributed by atoms with Crippen molar-refractivity contribution in [1.29, 1.82) is 0 Å². The van der Waals surface area contributed by atoms with Gasteiger partial charge in [0.25, 0.3) is 0 Å². The van der Waals surface area contributed by atoms with Crippen LogP contribution >= 0.6 is 0 Å². The van der Waals surface area contributed by atoms with Crippen LogP contribution in [0.15, 0.2) is 91.0 Å². The van der Waals surface area contributed by atoms with Crippen molar-refractivity contribution < 1.29 is 14.3 Å². The second-order valence-corrected chi connectivity index (χ2v) is 6.71. The Bertz CT molecular complexity index is 900. The molecule has 0 fully saturated rings. The molecule has 0 bridgehead atoms. The maximum atomic E-state index is 12.3. The fourth-order valence-corrected chi connectivity index (χ4v) is 3.00. The maximum absolute atomic E-state index is 12.3. The Kier molecular flexibility index (Phi) is 7.64. The molecule has 3 rings (SSSR count). The van der Waals surface area contributed by atoms with Gasteiger partial charge in [-0.25, -0.2) is 4.79 Å². The molecule has 3 heteroatoms. The topological polar surface area (TPSA) is 35.5 Å². The summed E-state index contributed by atoms with van der Waals surface area (Å²) in [7, 11) is 0. The number of ether oxygens (including phenoxy) is 2. The maximum Gasteiger partial charge on any atom is 0.347 e. The number of allylic oxidation sites excluding steroid dienone is 1. The Morgan fingerprint density at radius 1 is 0.862 bits per heavy atom. The quantitative estimate of drug-likeness (QED) is 0.456. The van der Waals surface area contributed by atoms with Crippen LogP contribution in [-0.4, -0.2) is 18.7 Å². The first kappa shape index (κ1) is 20.4. The molecule has 0 aromatic heterocycles. The van der Waals surface area contributed by atoms with E-state index in [2.05, 4.69) is 24.3 Å². The van der Waals surface area contributed by atoms with Crippen molar-refractivity contribution in [3.8, 4) is 5.75 Å². The summed E-state index contributed by atoms with van der Waals surface area (Å²) in [5, 5.41) is 0. The summed E-state index contributed by atoms with van der Waals surface area (Å²) >= 11 is 0. The van der Waals surface area contributed by atoms with Crippen LogP contribution in [0.5, 0.6) is 5.75 Å². The van der Waals surface area contributed by atoms with Crippen molar-refractivity contribution in [3.05, 3.63) is 108 Å². The van der Waals surface area contributed by atoms with Crippen LogP contribution in [0.1, 0.15) is 23.6 Å². The van der Waals surface area contributed by atoms with Crippen molar-refractivity contribution in [3.63, 3.8) is 0 Å². The van der Waals surface area contributed by atoms with E-state index in [1.807, 2.05) is 72.8 Å². The second kappa shape index (κ2) is 10.9. The first-order chi connectivity index (χ1) is 14.2. The summed E-state index contributed by atoms with van der Waals surface area (Å²) in [6.07, 6.45) is 4.92. The normalized spacial score (nSPS) is 11.9. The Morgan fingerprint density at radius 2 is 1.48 bits per heavy atom. The number of hydrogen-bond acceptors (Lipinski definition) is 3. The molecule has 1 atom stereocenters. The molecule has 0 aliphatic carbocycles. The molecule has 29 heavy (non-hydrogen) atoms. The first-order valence-electron chi connectivity index (χ1n) is 9.92. The Hall–Kier alpha value is -3.33. The number of rotatable bonds is 9. The van der Waals surface area contributed by atoms with E-state index in [0.29, 0.717) is 18.8 Å². The van der Waals surface area contributed by atoms with Gasteiger partial charge in [-0.3, -0.25) is 0 Å². The Labute approximate surface area is 172 Å². The lowest BCUT2D eigenvalue weighted by molar-refractivity contribution is -0.151. The van der Waals surface area contributed by atoms with Crippen LogP contribution in [0.3, 0.4) is 0 Å². The molecule has 0 heterocycles. The molecule has 3 nitrogen and oxygen atoms in total. The minimum absolute atomic E-state index is 0.332. The summed E-state index contributed by atoms with van der Waals surface area (Å²) in [5.74, 6) is 0.308. The van der Waals surface area contributed by atoms with Gasteiger partial charge in [-0.1, -0.05) is 84.9 Å². The summed E-state index contributed by atoms with van der Waals surface area (Å²) < 4.78 is 11.2. The monoisotopic (exact) mass is 386 g/mol. The minimum Gasteiger partial charge on any atom is -0.478 e. The summed E-state index contributed by atoms with van der Waals surface area (Å²) in [4.78, 5) is 12.3. The van der Waals surface area contributed by atoms with Crippen molar-refractivity contribution in [1.82, 2.24) is 0 Å². The lowest BCUT2D eigenvalue weighted by Crippen LogP contribution is -2.31. The number of hydrogen-bond donors (Lipinski definition) is 0. The molecule has 3 aromatic carbocycles. The van der Waals surface area contributed by atoms with Gasteiger partial charge in [0.2, 0.25) is 0 Å². The summed E-state index contributed by atoms with van der Waals surface area (Å²) in [6, 6.07) is 27.9. The highest BCUT2D eigenvalue weighted by Crippen LogP contribution is 2.18. The van der Waals surface area contributed by atoms with Crippen LogP contribution in [-0.2, 0) is 22.4 Å². The predicted molar refractivity (Wildman–Crippen MR) is 117 cm³/mol. The van der Waals surface area contributed by atoms with Gasteiger partial charge in [0.15, 0.2) is 6.10 Å². The number of carbonyl (C=O) groups is 1. The van der Waals surface area contributed by atoms with Crippen molar-refractivity contribution in [2.75, 3.05) is 6.61 Å². The highest BCUT2D eigenvalue weighted by molar-refractivity contribution is 5.75. The van der Waals surface area contributed by atoms with Crippen LogP contribution in [0.25, 0.3) is 6.08 Å². The molecule has 0 N–H and O–H groups in total. The van der Waals surface area contributed by atoms with Gasteiger partial charge < -0.3 is 9.47 Å². The average Bonchev–Trinajstić information content (AvgIpc) is 2.76. The van der Waals surface area contributed by atoms with E-state index in [4.69, 9.17) is 9.47 Å². The lowest BCUT2D eigenvalue weighted by atomic mass is 10.1. The predicted octanol–water partition coefficient (Wildman–Crippen LogP) is 5.50. The van der Waals surface area contributed by atoms with Crippen LogP contribution < -0.4 is 4.74 Å². The van der Waals surface area contributed by atoms with Crippen molar-refractivity contribution in [2.24, 2.45) is 0 Å². The van der Waals surface area contributed by atoms with Crippen LogP contribution in [0.4, 0.5) is 0 Å². The van der Waals surface area contributed by atoms with Gasteiger partial charge in [0.05, 0.1) is 6.61 Å². The minimum atomic E-state index is -0.670. The largest absolute Gasteiger partial charge is 0.478 e. The number of benzene rings is 3. The van der Waals surface area contributed by atoms with E-state index in [0.717, 1.165) is 17.5 Å². The molecule has 0 amide bonds. The van der Waals surface area contributed by atoms with E-state index in [9.17, 15) is 4.79 Å². The summed E-state index contributed by atoms with van der Waals surface area (Å²) in [5.41, 5.74) is 3.40. The van der Waals surface area contributed by atoms with Crippen molar-refractivity contribution >= 4 is 12.0 Å². The lowest BCUT2D eigenvalue weighted by Gasteiger charge is -2.18. The smallest absolute Gasteiger partial charge is 0.347 e. The van der Waals surface area contributed by atoms with Gasteiger partial charge >= 0.3 is 5.97 Å². The van der Waals surface area contributed by atoms with E-state index < -0.39 is 6.10 Å². The molecule has 148 valence electrons. The van der Waals surface area contributed by atoms with E-state index in [1.165, 1.54) is 5.56 Å². The van der Waals surface area contributed by atoms with Gasteiger partial charge in [-0.2, -0.15) is 0 Å². The van der Waals surface area contributed by atoms with E-state index in [1.54, 1.807) is 6.92 Å². The molecular formula is C26H26O3. The Balaban J connectivity index is 1.62. The molecule has 0 spiro atoms. The molecule has 3 aromatic rings. The zero-order valence-electron chi connectivity index (χ0n) is 16.7. The van der Waals surface area contributed by atoms with Crippen LogP contribution in [0, 0.1) is 0 Å². The molecule has 0 saturated heterocycles. The summed E-state index contributed by atoms with van der Waals surface area (Å²) in [6.45, 7) is 2.13. The fraction of sp³-hybridized carbons (Fsp3) is 0.192. The third-order valence-electron chi connectivity index (χ3n) is 4.48. The SMILES string of the molecule is CCOC(=O)C(Cc1ccccc1)Oc1ccc(/C=C/Cc2ccccc2)cc1. The molecular weight excluding hydrogens is 360 g/mol. The zero-order chi connectivity index (χ0) is 20.3. The highest BCUT2D eigenvalue weighted by Gasteiger charge is 2.22. The van der Waals surface area contributed by atoms with Crippen LogP contribution in [0.2, 0.25) is 0 Å². The Morgan fingerprint density at radius 3 is 2.10 bits per heavy atom. The zero-order valence-corrected chi connectivity index (χ0v) is 16.7. The molecule has 0 aliphatic rings.